The van der Waals surface area contributed by atoms with Crippen LogP contribution in [-0.2, 0) is 0 Å². The summed E-state index contributed by atoms with van der Waals surface area (Å²) in [6, 6.07) is 1.97. The van der Waals surface area contributed by atoms with Gasteiger partial charge in [-0.25, -0.2) is 8.78 Å². The van der Waals surface area contributed by atoms with Crippen molar-refractivity contribution in [2.24, 2.45) is 5.73 Å². The van der Waals surface area contributed by atoms with Crippen LogP contribution in [0.4, 0.5) is 14.5 Å². The molecule has 0 spiro atoms. The average molecular weight is 283 g/mol. The lowest BCUT2D eigenvalue weighted by Crippen LogP contribution is -2.24. The fraction of sp³-hybridized carbons (Fsp3) is 0.500. The second kappa shape index (κ2) is 6.17. The molecule has 1 saturated heterocycles. The summed E-state index contributed by atoms with van der Waals surface area (Å²) in [6.07, 6.45) is 2.80. The van der Waals surface area contributed by atoms with Crippen LogP contribution >= 0.6 is 0 Å². The van der Waals surface area contributed by atoms with Crippen molar-refractivity contribution in [3.8, 4) is 0 Å². The van der Waals surface area contributed by atoms with E-state index in [-0.39, 0.29) is 17.3 Å². The van der Waals surface area contributed by atoms with Crippen LogP contribution in [-0.4, -0.2) is 37.0 Å². The van der Waals surface area contributed by atoms with Crippen LogP contribution in [0.3, 0.4) is 0 Å². The molecule has 1 unspecified atom stereocenters. The average Bonchev–Trinajstić information content (AvgIpc) is 2.57. The summed E-state index contributed by atoms with van der Waals surface area (Å²) < 4.78 is 27.2. The van der Waals surface area contributed by atoms with E-state index in [0.717, 1.165) is 38.4 Å². The smallest absolute Gasteiger partial charge is 0.251 e. The summed E-state index contributed by atoms with van der Waals surface area (Å²) in [5.41, 5.74) is 4.92. The molecule has 0 radical (unpaired) electrons. The molecule has 0 aliphatic carbocycles. The van der Waals surface area contributed by atoms with Crippen molar-refractivity contribution in [2.45, 2.75) is 25.3 Å². The Labute approximate surface area is 116 Å². The van der Waals surface area contributed by atoms with Crippen molar-refractivity contribution in [1.29, 1.82) is 0 Å². The number of primary amides is 1. The van der Waals surface area contributed by atoms with E-state index in [0.29, 0.717) is 6.07 Å². The van der Waals surface area contributed by atoms with Gasteiger partial charge in [0.25, 0.3) is 5.91 Å². The molecule has 1 atom stereocenters. The Kier molecular flexibility index (Phi) is 4.54. The standard InChI is InChI=1S/C14H19F2N3O/c1-19-5-2-3-9(4-6-19)18-13-7-10(14(17)20)11(15)8-12(13)16/h7-9,18H,2-6H2,1H3,(H2,17,20). The monoisotopic (exact) mass is 283 g/mol. The third-order valence-corrected chi connectivity index (χ3v) is 3.63. The van der Waals surface area contributed by atoms with Gasteiger partial charge in [0.15, 0.2) is 0 Å². The van der Waals surface area contributed by atoms with Gasteiger partial charge >= 0.3 is 0 Å². The van der Waals surface area contributed by atoms with Gasteiger partial charge in [-0.3, -0.25) is 4.79 Å². The first-order valence-corrected chi connectivity index (χ1v) is 6.71. The Balaban J connectivity index is 2.16. The number of halogens is 2. The fourth-order valence-electron chi connectivity index (χ4n) is 2.45. The normalized spacial score (nSPS) is 20.4. The third-order valence-electron chi connectivity index (χ3n) is 3.63. The van der Waals surface area contributed by atoms with E-state index in [4.69, 9.17) is 5.73 Å². The van der Waals surface area contributed by atoms with Crippen molar-refractivity contribution in [3.63, 3.8) is 0 Å². The zero-order chi connectivity index (χ0) is 14.7. The number of nitrogens with zero attached hydrogens (tertiary/aromatic N) is 1. The number of likely N-dealkylation sites (tertiary alicyclic amines) is 1. The molecule has 1 heterocycles. The van der Waals surface area contributed by atoms with E-state index in [2.05, 4.69) is 10.2 Å². The largest absolute Gasteiger partial charge is 0.380 e. The van der Waals surface area contributed by atoms with Gasteiger partial charge in [0.05, 0.1) is 11.3 Å². The Bertz CT molecular complexity index is 507. The number of carbonyl (C=O) groups is 1. The molecule has 2 rings (SSSR count). The van der Waals surface area contributed by atoms with E-state index in [1.807, 2.05) is 7.05 Å². The molecular formula is C14H19F2N3O. The highest BCUT2D eigenvalue weighted by Gasteiger charge is 2.18. The summed E-state index contributed by atoms with van der Waals surface area (Å²) in [5, 5.41) is 3.06. The number of benzene rings is 1. The first kappa shape index (κ1) is 14.7. The molecule has 0 aromatic heterocycles. The Morgan fingerprint density at radius 2 is 2.05 bits per heavy atom. The van der Waals surface area contributed by atoms with Gasteiger partial charge in [0.2, 0.25) is 0 Å². The number of rotatable bonds is 3. The summed E-state index contributed by atoms with van der Waals surface area (Å²) in [5.74, 6) is -2.53. The van der Waals surface area contributed by atoms with E-state index in [1.165, 1.54) is 0 Å². The lowest BCUT2D eigenvalue weighted by molar-refractivity contribution is 0.0996. The number of hydrogen-bond acceptors (Lipinski definition) is 3. The molecule has 1 fully saturated rings. The van der Waals surface area contributed by atoms with E-state index in [1.54, 1.807) is 0 Å². The minimum absolute atomic E-state index is 0.112. The molecular weight excluding hydrogens is 264 g/mol. The Morgan fingerprint density at radius 1 is 1.30 bits per heavy atom. The Hall–Kier alpha value is -1.69. The molecule has 1 aliphatic heterocycles. The van der Waals surface area contributed by atoms with Crippen molar-refractivity contribution in [3.05, 3.63) is 29.3 Å². The molecule has 1 aromatic carbocycles. The summed E-state index contributed by atoms with van der Waals surface area (Å²) >= 11 is 0. The molecule has 1 aliphatic rings. The zero-order valence-corrected chi connectivity index (χ0v) is 11.5. The maximum Gasteiger partial charge on any atom is 0.251 e. The summed E-state index contributed by atoms with van der Waals surface area (Å²) in [6.45, 7) is 1.93. The molecule has 1 amide bonds. The zero-order valence-electron chi connectivity index (χ0n) is 11.5. The predicted octanol–water partition coefficient (Wildman–Crippen LogP) is 1.96. The van der Waals surface area contributed by atoms with Crippen LogP contribution in [0, 0.1) is 11.6 Å². The second-order valence-corrected chi connectivity index (χ2v) is 5.25. The predicted molar refractivity (Wildman–Crippen MR) is 73.6 cm³/mol. The van der Waals surface area contributed by atoms with Crippen molar-refractivity contribution in [1.82, 2.24) is 4.90 Å². The first-order valence-electron chi connectivity index (χ1n) is 6.71. The van der Waals surface area contributed by atoms with Crippen molar-refractivity contribution >= 4 is 11.6 Å². The number of nitrogens with one attached hydrogen (secondary N) is 1. The lowest BCUT2D eigenvalue weighted by atomic mass is 10.1. The van der Waals surface area contributed by atoms with Crippen LogP contribution in [0.15, 0.2) is 12.1 Å². The van der Waals surface area contributed by atoms with Gasteiger partial charge in [-0.05, 0) is 45.5 Å². The molecule has 4 nitrogen and oxygen atoms in total. The van der Waals surface area contributed by atoms with Crippen LogP contribution in [0.1, 0.15) is 29.6 Å². The maximum absolute atomic E-state index is 13.8. The van der Waals surface area contributed by atoms with Gasteiger partial charge in [-0.2, -0.15) is 0 Å². The highest BCUT2D eigenvalue weighted by atomic mass is 19.1. The highest BCUT2D eigenvalue weighted by molar-refractivity contribution is 5.94. The number of nitrogens with two attached hydrogens (primary N) is 1. The van der Waals surface area contributed by atoms with Crippen LogP contribution in [0.2, 0.25) is 0 Å². The third kappa shape index (κ3) is 3.45. The molecule has 6 heteroatoms. The fourth-order valence-corrected chi connectivity index (χ4v) is 2.45. The maximum atomic E-state index is 13.8. The minimum atomic E-state index is -0.929. The minimum Gasteiger partial charge on any atom is -0.380 e. The summed E-state index contributed by atoms with van der Waals surface area (Å²) in [4.78, 5) is 13.3. The number of hydrogen-bond donors (Lipinski definition) is 2. The highest BCUT2D eigenvalue weighted by Crippen LogP contribution is 2.22. The first-order chi connectivity index (χ1) is 9.47. The van der Waals surface area contributed by atoms with E-state index in [9.17, 15) is 13.6 Å². The molecule has 0 saturated carbocycles. The second-order valence-electron chi connectivity index (χ2n) is 5.25. The van der Waals surface area contributed by atoms with Gasteiger partial charge in [-0.15, -0.1) is 0 Å². The van der Waals surface area contributed by atoms with Crippen LogP contribution in [0.25, 0.3) is 0 Å². The van der Waals surface area contributed by atoms with E-state index < -0.39 is 17.5 Å². The molecule has 1 aromatic rings. The quantitative estimate of drug-likeness (QED) is 0.891. The number of amides is 1. The van der Waals surface area contributed by atoms with Crippen LogP contribution < -0.4 is 11.1 Å². The van der Waals surface area contributed by atoms with Crippen molar-refractivity contribution in [2.75, 3.05) is 25.5 Å². The van der Waals surface area contributed by atoms with E-state index >= 15 is 0 Å². The molecule has 20 heavy (non-hydrogen) atoms. The van der Waals surface area contributed by atoms with Crippen molar-refractivity contribution < 1.29 is 13.6 Å². The van der Waals surface area contributed by atoms with Gasteiger partial charge < -0.3 is 16.0 Å². The number of anilines is 1. The van der Waals surface area contributed by atoms with Gasteiger partial charge in [-0.1, -0.05) is 0 Å². The summed E-state index contributed by atoms with van der Waals surface area (Å²) in [7, 11) is 2.05. The number of carbonyl (C=O) groups excluding carboxylic acids is 1. The Morgan fingerprint density at radius 3 is 2.75 bits per heavy atom. The molecule has 3 N–H and O–H groups in total. The molecule has 110 valence electrons. The van der Waals surface area contributed by atoms with Gasteiger partial charge in [0.1, 0.15) is 11.6 Å². The van der Waals surface area contributed by atoms with Crippen LogP contribution in [0.5, 0.6) is 0 Å². The SMILES string of the molecule is CN1CCCC(Nc2cc(C(N)=O)c(F)cc2F)CC1. The lowest BCUT2D eigenvalue weighted by Gasteiger charge is -2.19. The van der Waals surface area contributed by atoms with Gasteiger partial charge in [0, 0.05) is 12.1 Å². The molecule has 0 bridgehead atoms. The topological polar surface area (TPSA) is 58.4 Å².